The summed E-state index contributed by atoms with van der Waals surface area (Å²) in [4.78, 5) is 36.2. The average Bonchev–Trinajstić information content (AvgIpc) is 2.43. The van der Waals surface area contributed by atoms with Crippen LogP contribution in [0, 0.1) is 11.8 Å². The summed E-state index contributed by atoms with van der Waals surface area (Å²) < 4.78 is 0. The summed E-state index contributed by atoms with van der Waals surface area (Å²) in [5.41, 5.74) is 6.20. The largest absolute Gasteiger partial charge is 0.320 e. The van der Waals surface area contributed by atoms with E-state index in [4.69, 9.17) is 5.73 Å². The number of nitrogens with two attached hydrogens (primary N) is 1. The second kappa shape index (κ2) is 5.99. The summed E-state index contributed by atoms with van der Waals surface area (Å²) >= 11 is 0. The molecule has 0 aliphatic carbocycles. The van der Waals surface area contributed by atoms with Crippen molar-refractivity contribution in [2.75, 3.05) is 19.6 Å². The van der Waals surface area contributed by atoms with Crippen molar-refractivity contribution in [3.63, 3.8) is 0 Å². The van der Waals surface area contributed by atoms with Gasteiger partial charge in [-0.05, 0) is 12.1 Å². The first kappa shape index (κ1) is 13.8. The van der Waals surface area contributed by atoms with Crippen LogP contribution in [0.2, 0.25) is 0 Å². The number of carbonyl (C=O) groups is 3. The molecule has 1 aliphatic rings. The molecule has 2 rings (SSSR count). The fourth-order valence-corrected chi connectivity index (χ4v) is 1.88. The molecule has 0 spiro atoms. The smallest absolute Gasteiger partial charge is 0.256 e. The molecule has 102 valence electrons. The summed E-state index contributed by atoms with van der Waals surface area (Å²) in [6.45, 7) is -0.0837. The minimum Gasteiger partial charge on any atom is -0.320 e. The third-order valence-corrected chi connectivity index (χ3v) is 2.72. The van der Waals surface area contributed by atoms with Gasteiger partial charge in [-0.15, -0.1) is 0 Å². The van der Waals surface area contributed by atoms with Gasteiger partial charge in [0.1, 0.15) is 13.1 Å². The number of rotatable bonds is 1. The fourth-order valence-electron chi connectivity index (χ4n) is 1.88. The van der Waals surface area contributed by atoms with Crippen molar-refractivity contribution in [2.45, 2.75) is 0 Å². The van der Waals surface area contributed by atoms with E-state index in [1.54, 1.807) is 24.3 Å². The molecule has 0 unspecified atom stereocenters. The predicted octanol–water partition coefficient (Wildman–Crippen LogP) is -0.905. The Balaban J connectivity index is 2.29. The Morgan fingerprint density at radius 1 is 1.25 bits per heavy atom. The molecule has 1 aliphatic heterocycles. The van der Waals surface area contributed by atoms with Gasteiger partial charge in [0.2, 0.25) is 11.8 Å². The van der Waals surface area contributed by atoms with E-state index in [-0.39, 0.29) is 19.6 Å². The standard InChI is InChI=1S/C14H13N3O3/c15-7-3-5-10-4-1-2-6-11(10)14(20)17-8-12(18)16-13(19)9-17/h1-2,4,6H,7-9,15H2,(H,16,18,19). The third-order valence-electron chi connectivity index (χ3n) is 2.72. The van der Waals surface area contributed by atoms with Gasteiger partial charge in [0.25, 0.3) is 5.91 Å². The van der Waals surface area contributed by atoms with Crippen LogP contribution in [0.5, 0.6) is 0 Å². The van der Waals surface area contributed by atoms with E-state index in [9.17, 15) is 14.4 Å². The number of piperazine rings is 1. The topological polar surface area (TPSA) is 92.5 Å². The van der Waals surface area contributed by atoms with Crippen LogP contribution in [0.25, 0.3) is 0 Å². The molecule has 0 radical (unpaired) electrons. The molecule has 20 heavy (non-hydrogen) atoms. The second-order valence-electron chi connectivity index (χ2n) is 4.18. The molecular formula is C14H13N3O3. The molecule has 3 N–H and O–H groups in total. The zero-order valence-electron chi connectivity index (χ0n) is 10.7. The zero-order chi connectivity index (χ0) is 14.5. The van der Waals surface area contributed by atoms with Crippen molar-refractivity contribution >= 4 is 17.7 Å². The van der Waals surface area contributed by atoms with Crippen LogP contribution < -0.4 is 11.1 Å². The quantitative estimate of drug-likeness (QED) is 0.511. The Kier molecular flexibility index (Phi) is 4.13. The Morgan fingerprint density at radius 2 is 1.90 bits per heavy atom. The van der Waals surface area contributed by atoms with Gasteiger partial charge < -0.3 is 10.6 Å². The lowest BCUT2D eigenvalue weighted by molar-refractivity contribution is -0.135. The van der Waals surface area contributed by atoms with Crippen molar-refractivity contribution in [2.24, 2.45) is 5.73 Å². The van der Waals surface area contributed by atoms with Gasteiger partial charge in [0.15, 0.2) is 0 Å². The number of nitrogens with one attached hydrogen (secondary N) is 1. The number of nitrogens with zero attached hydrogens (tertiary/aromatic N) is 1. The minimum absolute atomic E-state index is 0.136. The van der Waals surface area contributed by atoms with E-state index < -0.39 is 17.7 Å². The average molecular weight is 271 g/mol. The Hall–Kier alpha value is -2.65. The zero-order valence-corrected chi connectivity index (χ0v) is 10.7. The van der Waals surface area contributed by atoms with Crippen molar-refractivity contribution < 1.29 is 14.4 Å². The molecule has 1 fully saturated rings. The highest BCUT2D eigenvalue weighted by molar-refractivity contribution is 6.06. The number of amides is 3. The van der Waals surface area contributed by atoms with Crippen LogP contribution in [0.15, 0.2) is 24.3 Å². The normalized spacial score (nSPS) is 14.3. The number of imide groups is 1. The van der Waals surface area contributed by atoms with Crippen LogP contribution in [0.1, 0.15) is 15.9 Å². The van der Waals surface area contributed by atoms with Crippen molar-refractivity contribution in [3.8, 4) is 11.8 Å². The lowest BCUT2D eigenvalue weighted by Gasteiger charge is -2.25. The monoisotopic (exact) mass is 271 g/mol. The summed E-state index contributed by atoms with van der Waals surface area (Å²) in [7, 11) is 0. The molecule has 1 aromatic rings. The van der Waals surface area contributed by atoms with E-state index >= 15 is 0 Å². The second-order valence-corrected chi connectivity index (χ2v) is 4.18. The summed E-state index contributed by atoms with van der Waals surface area (Å²) in [5.74, 6) is 4.12. The maximum Gasteiger partial charge on any atom is 0.256 e. The first-order valence-corrected chi connectivity index (χ1v) is 6.01. The van der Waals surface area contributed by atoms with Gasteiger partial charge in [-0.25, -0.2) is 0 Å². The lowest BCUT2D eigenvalue weighted by atomic mass is 10.1. The van der Waals surface area contributed by atoms with Crippen molar-refractivity contribution in [3.05, 3.63) is 35.4 Å². The first-order chi connectivity index (χ1) is 9.61. The molecule has 1 heterocycles. The van der Waals surface area contributed by atoms with Crippen LogP contribution in [0.4, 0.5) is 0 Å². The van der Waals surface area contributed by atoms with E-state index in [1.165, 1.54) is 4.90 Å². The summed E-state index contributed by atoms with van der Waals surface area (Å²) in [5, 5.41) is 2.15. The highest BCUT2D eigenvalue weighted by Crippen LogP contribution is 2.12. The first-order valence-electron chi connectivity index (χ1n) is 6.01. The molecule has 6 nitrogen and oxygen atoms in total. The van der Waals surface area contributed by atoms with Crippen molar-refractivity contribution in [1.82, 2.24) is 10.2 Å². The molecule has 0 aromatic heterocycles. The number of carbonyl (C=O) groups excluding carboxylic acids is 3. The molecular weight excluding hydrogens is 258 g/mol. The minimum atomic E-state index is -0.486. The van der Waals surface area contributed by atoms with Gasteiger partial charge in [0.05, 0.1) is 12.1 Å². The molecule has 0 saturated carbocycles. The van der Waals surface area contributed by atoms with E-state index in [0.29, 0.717) is 11.1 Å². The van der Waals surface area contributed by atoms with Crippen LogP contribution in [-0.4, -0.2) is 42.3 Å². The van der Waals surface area contributed by atoms with Gasteiger partial charge in [-0.3, -0.25) is 19.7 Å². The molecule has 1 aromatic carbocycles. The van der Waals surface area contributed by atoms with Gasteiger partial charge in [-0.2, -0.15) is 0 Å². The SMILES string of the molecule is NCC#Cc1ccccc1C(=O)N1CC(=O)NC(=O)C1. The van der Waals surface area contributed by atoms with Gasteiger partial charge >= 0.3 is 0 Å². The van der Waals surface area contributed by atoms with E-state index in [0.717, 1.165) is 0 Å². The van der Waals surface area contributed by atoms with Gasteiger partial charge in [0, 0.05) is 5.56 Å². The molecule has 0 bridgehead atoms. The highest BCUT2D eigenvalue weighted by Gasteiger charge is 2.27. The Morgan fingerprint density at radius 3 is 2.55 bits per heavy atom. The highest BCUT2D eigenvalue weighted by atomic mass is 16.2. The maximum absolute atomic E-state index is 12.4. The Bertz CT molecular complexity index is 612. The maximum atomic E-state index is 12.4. The fraction of sp³-hybridized carbons (Fsp3) is 0.214. The van der Waals surface area contributed by atoms with Gasteiger partial charge in [-0.1, -0.05) is 24.0 Å². The van der Waals surface area contributed by atoms with Crippen LogP contribution >= 0.6 is 0 Å². The predicted molar refractivity (Wildman–Crippen MR) is 71.4 cm³/mol. The summed E-state index contributed by atoms with van der Waals surface area (Å²) in [6.07, 6.45) is 0. The van der Waals surface area contributed by atoms with Crippen LogP contribution in [0.3, 0.4) is 0 Å². The van der Waals surface area contributed by atoms with Crippen molar-refractivity contribution in [1.29, 1.82) is 0 Å². The van der Waals surface area contributed by atoms with E-state index in [1.807, 2.05) is 0 Å². The molecule has 1 saturated heterocycles. The number of benzene rings is 1. The third kappa shape index (κ3) is 3.02. The van der Waals surface area contributed by atoms with E-state index in [2.05, 4.69) is 17.2 Å². The lowest BCUT2D eigenvalue weighted by Crippen LogP contribution is -2.53. The number of hydrogen-bond donors (Lipinski definition) is 2. The molecule has 0 atom stereocenters. The van der Waals surface area contributed by atoms with Crippen LogP contribution in [-0.2, 0) is 9.59 Å². The summed E-state index contributed by atoms with van der Waals surface area (Å²) in [6, 6.07) is 6.76. The molecule has 6 heteroatoms. The molecule has 3 amide bonds. The number of hydrogen-bond acceptors (Lipinski definition) is 4. The Labute approximate surface area is 115 Å².